The molecule has 0 aromatic rings. The summed E-state index contributed by atoms with van der Waals surface area (Å²) in [5.41, 5.74) is -0.251. The summed E-state index contributed by atoms with van der Waals surface area (Å²) >= 11 is 0. The highest BCUT2D eigenvalue weighted by Gasteiger charge is 2.70. The first-order valence-electron chi connectivity index (χ1n) is 13.8. The first-order valence-corrected chi connectivity index (χ1v) is 13.8. The molecule has 1 heterocycles. The molecule has 5 aliphatic rings. The Morgan fingerprint density at radius 3 is 2.49 bits per heavy atom. The van der Waals surface area contributed by atoms with Crippen LogP contribution in [0, 0.1) is 34.0 Å². The minimum atomic E-state index is -1.55. The van der Waals surface area contributed by atoms with Gasteiger partial charge in [0.15, 0.2) is 6.29 Å². The molecule has 9 heteroatoms. The van der Waals surface area contributed by atoms with Crippen LogP contribution < -0.4 is 0 Å². The van der Waals surface area contributed by atoms with Gasteiger partial charge in [0.1, 0.15) is 31.0 Å². The zero-order valence-electron chi connectivity index (χ0n) is 22.2. The third-order valence-electron chi connectivity index (χ3n) is 10.8. The number of aliphatic hydroxyl groups is 5. The van der Waals surface area contributed by atoms with Crippen LogP contribution in [0.5, 0.6) is 0 Å². The Morgan fingerprint density at radius 2 is 1.81 bits per heavy atom. The van der Waals surface area contributed by atoms with Gasteiger partial charge in [0, 0.05) is 24.4 Å². The van der Waals surface area contributed by atoms with Crippen LogP contribution in [0.15, 0.2) is 12.2 Å². The molecule has 210 valence electrons. The lowest BCUT2D eigenvalue weighted by molar-refractivity contribution is -0.339. The molecule has 0 amide bonds. The van der Waals surface area contributed by atoms with Crippen molar-refractivity contribution >= 4 is 5.97 Å². The van der Waals surface area contributed by atoms with Gasteiger partial charge in [0.2, 0.25) is 0 Å². The lowest BCUT2D eigenvalue weighted by Crippen LogP contribution is -2.67. The Balaban J connectivity index is 1.51. The number of fused-ring (bicyclic) bond motifs is 3. The second kappa shape index (κ2) is 9.54. The molecule has 1 aliphatic heterocycles. The summed E-state index contributed by atoms with van der Waals surface area (Å²) < 4.78 is 17.5. The average Bonchev–Trinajstić information content (AvgIpc) is 3.02. The molecule has 5 rings (SSSR count). The van der Waals surface area contributed by atoms with Crippen LogP contribution >= 0.6 is 0 Å². The number of hydrogen-bond acceptors (Lipinski definition) is 9. The Morgan fingerprint density at radius 1 is 1.08 bits per heavy atom. The van der Waals surface area contributed by atoms with Gasteiger partial charge >= 0.3 is 5.97 Å². The van der Waals surface area contributed by atoms with Crippen LogP contribution in [-0.4, -0.2) is 87.6 Å². The minimum Gasteiger partial charge on any atom is -0.463 e. The number of ether oxygens (including phenoxy) is 3. The minimum absolute atomic E-state index is 0.0122. The summed E-state index contributed by atoms with van der Waals surface area (Å²) in [5.74, 6) is -0.248. The van der Waals surface area contributed by atoms with Crippen LogP contribution in [0.1, 0.15) is 65.7 Å². The zero-order valence-corrected chi connectivity index (χ0v) is 22.2. The van der Waals surface area contributed by atoms with E-state index in [4.69, 9.17) is 14.2 Å². The van der Waals surface area contributed by atoms with Gasteiger partial charge in [-0.25, -0.2) is 0 Å². The highest BCUT2D eigenvalue weighted by molar-refractivity contribution is 5.65. The van der Waals surface area contributed by atoms with Gasteiger partial charge in [0.05, 0.1) is 12.2 Å². The van der Waals surface area contributed by atoms with Crippen molar-refractivity contribution in [1.82, 2.24) is 0 Å². The molecule has 1 spiro atoms. The molecule has 0 unspecified atom stereocenters. The molecule has 2 bridgehead atoms. The lowest BCUT2D eigenvalue weighted by atomic mass is 9.39. The summed E-state index contributed by atoms with van der Waals surface area (Å²) in [6.45, 7) is 9.58. The predicted octanol–water partition coefficient (Wildman–Crippen LogP) is 1.28. The monoisotopic (exact) mass is 524 g/mol. The second-order valence-corrected chi connectivity index (χ2v) is 13.1. The number of aliphatic hydroxyl groups excluding tert-OH is 5. The van der Waals surface area contributed by atoms with Gasteiger partial charge in [-0.1, -0.05) is 26.8 Å². The van der Waals surface area contributed by atoms with Gasteiger partial charge in [-0.2, -0.15) is 0 Å². The van der Waals surface area contributed by atoms with Crippen LogP contribution in [-0.2, 0) is 19.0 Å². The molecule has 12 atom stereocenters. The highest BCUT2D eigenvalue weighted by Crippen LogP contribution is 2.72. The SMILES string of the molecule is C=C1[C@@H]2CC[C@@H]3[C@](C2)(C[C@H](O[C@@H]2O[C@H](COC(C)=O)[C@@H](O)[C@H](O)[C@H]2O)[C@@H]2C(C)(C)CCC[C@@]32CO)[C@@H]1O. The van der Waals surface area contributed by atoms with E-state index in [9.17, 15) is 30.3 Å². The molecule has 37 heavy (non-hydrogen) atoms. The number of esters is 1. The molecular weight excluding hydrogens is 480 g/mol. The standard InChI is InChI=1S/C28H44O9/c1-14-16-6-7-19-27(13-29)9-5-8-26(3,4)23(27)17(11-28(19,10-16)24(14)34)36-25-22(33)21(32)20(31)18(37-25)12-35-15(2)30/h16-25,29,31-34H,1,5-13H2,2-4H3/t16-,17+,18-,19+,20-,21+,22-,23-,24-,25-,27-,28+/m1/s1. The van der Waals surface area contributed by atoms with Crippen LogP contribution in [0.4, 0.5) is 0 Å². The summed E-state index contributed by atoms with van der Waals surface area (Å²) in [6.07, 6.45) is -2.03. The van der Waals surface area contributed by atoms with Crippen LogP contribution in [0.25, 0.3) is 0 Å². The van der Waals surface area contributed by atoms with Gasteiger partial charge in [-0.3, -0.25) is 4.79 Å². The Hall–Kier alpha value is -1.07. The molecule has 0 radical (unpaired) electrons. The quantitative estimate of drug-likeness (QED) is 0.204. The van der Waals surface area contributed by atoms with Crippen molar-refractivity contribution in [2.24, 2.45) is 34.0 Å². The molecule has 5 fully saturated rings. The van der Waals surface area contributed by atoms with Gasteiger partial charge in [0.25, 0.3) is 0 Å². The van der Waals surface area contributed by atoms with E-state index in [1.807, 2.05) is 0 Å². The van der Waals surface area contributed by atoms with Crippen molar-refractivity contribution < 1.29 is 44.5 Å². The third kappa shape index (κ3) is 4.12. The fourth-order valence-corrected chi connectivity index (χ4v) is 9.44. The van der Waals surface area contributed by atoms with Gasteiger partial charge < -0.3 is 39.7 Å². The van der Waals surface area contributed by atoms with Crippen molar-refractivity contribution in [3.63, 3.8) is 0 Å². The lowest BCUT2D eigenvalue weighted by Gasteiger charge is -2.67. The normalized spacial score (nSPS) is 50.8. The van der Waals surface area contributed by atoms with E-state index < -0.39 is 59.7 Å². The van der Waals surface area contributed by atoms with E-state index >= 15 is 0 Å². The van der Waals surface area contributed by atoms with Gasteiger partial charge in [-0.15, -0.1) is 0 Å². The van der Waals surface area contributed by atoms with Crippen LogP contribution in [0.2, 0.25) is 0 Å². The number of carbonyl (C=O) groups excluding carboxylic acids is 1. The maximum absolute atomic E-state index is 11.6. The summed E-state index contributed by atoms with van der Waals surface area (Å²) in [7, 11) is 0. The van der Waals surface area contributed by atoms with E-state index in [1.54, 1.807) is 0 Å². The van der Waals surface area contributed by atoms with Gasteiger partial charge in [-0.05, 0) is 67.3 Å². The molecular formula is C28H44O9. The Kier molecular flexibility index (Phi) is 7.09. The van der Waals surface area contributed by atoms with Crippen molar-refractivity contribution in [3.05, 3.63) is 12.2 Å². The smallest absolute Gasteiger partial charge is 0.302 e. The molecule has 9 nitrogen and oxygen atoms in total. The van der Waals surface area contributed by atoms with Crippen LogP contribution in [0.3, 0.4) is 0 Å². The first kappa shape index (κ1) is 27.5. The number of carbonyl (C=O) groups is 1. The van der Waals surface area contributed by atoms with Crippen molar-refractivity contribution in [1.29, 1.82) is 0 Å². The largest absolute Gasteiger partial charge is 0.463 e. The topological polar surface area (TPSA) is 146 Å². The van der Waals surface area contributed by atoms with Crippen molar-refractivity contribution in [2.45, 2.75) is 109 Å². The van der Waals surface area contributed by atoms with Crippen molar-refractivity contribution in [2.75, 3.05) is 13.2 Å². The number of hydrogen-bond donors (Lipinski definition) is 5. The van der Waals surface area contributed by atoms with E-state index in [0.29, 0.717) is 6.42 Å². The predicted molar refractivity (Wildman–Crippen MR) is 132 cm³/mol. The molecule has 0 aromatic carbocycles. The second-order valence-electron chi connectivity index (χ2n) is 13.1. The van der Waals surface area contributed by atoms with Crippen molar-refractivity contribution in [3.8, 4) is 0 Å². The highest BCUT2D eigenvalue weighted by atomic mass is 16.7. The molecule has 0 aromatic heterocycles. The van der Waals surface area contributed by atoms with E-state index in [2.05, 4.69) is 20.4 Å². The summed E-state index contributed by atoms with van der Waals surface area (Å²) in [5, 5.41) is 54.5. The zero-order chi connectivity index (χ0) is 26.9. The Labute approximate surface area is 218 Å². The van der Waals surface area contributed by atoms with E-state index in [1.165, 1.54) is 6.92 Å². The first-order chi connectivity index (χ1) is 17.4. The molecule has 5 N–H and O–H groups in total. The average molecular weight is 525 g/mol. The fourth-order valence-electron chi connectivity index (χ4n) is 9.44. The third-order valence-corrected chi connectivity index (χ3v) is 10.8. The Bertz CT molecular complexity index is 906. The molecule has 1 saturated heterocycles. The fraction of sp³-hybridized carbons (Fsp3) is 0.893. The summed E-state index contributed by atoms with van der Waals surface area (Å²) in [6, 6.07) is 0. The van der Waals surface area contributed by atoms with E-state index in [0.717, 1.165) is 44.1 Å². The maximum Gasteiger partial charge on any atom is 0.302 e. The maximum atomic E-state index is 11.6. The number of rotatable bonds is 5. The summed E-state index contributed by atoms with van der Waals surface area (Å²) in [4.78, 5) is 11.3. The molecule has 4 saturated carbocycles. The van der Waals surface area contributed by atoms with E-state index in [-0.39, 0.29) is 36.4 Å². The molecule has 4 aliphatic carbocycles.